The fourth-order valence-corrected chi connectivity index (χ4v) is 4.92. The molecule has 1 aliphatic carbocycles. The molecule has 6 heteroatoms. The van der Waals surface area contributed by atoms with Crippen molar-refractivity contribution in [3.05, 3.63) is 17.0 Å². The van der Waals surface area contributed by atoms with Crippen molar-refractivity contribution < 1.29 is 4.79 Å². The lowest BCUT2D eigenvalue weighted by molar-refractivity contribution is 0.0496. The predicted molar refractivity (Wildman–Crippen MR) is 102 cm³/mol. The van der Waals surface area contributed by atoms with Crippen molar-refractivity contribution in [1.29, 1.82) is 0 Å². The molecule has 144 valence electrons. The Morgan fingerprint density at radius 1 is 1.08 bits per heavy atom. The first-order chi connectivity index (χ1) is 12.6. The van der Waals surface area contributed by atoms with Crippen molar-refractivity contribution in [2.45, 2.75) is 51.5 Å². The van der Waals surface area contributed by atoms with Gasteiger partial charge in [-0.1, -0.05) is 0 Å². The number of aromatic amines is 1. The molecule has 0 saturated carbocycles. The largest absolute Gasteiger partial charge is 0.337 e. The summed E-state index contributed by atoms with van der Waals surface area (Å²) in [6.07, 6.45) is 6.66. The Balaban J connectivity index is 1.33. The topological polar surface area (TPSA) is 55.5 Å². The van der Waals surface area contributed by atoms with Gasteiger partial charge in [-0.05, 0) is 58.4 Å². The lowest BCUT2D eigenvalue weighted by Crippen LogP contribution is -2.52. The monoisotopic (exact) mass is 359 g/mol. The first-order valence-corrected chi connectivity index (χ1v) is 10.4. The van der Waals surface area contributed by atoms with Gasteiger partial charge in [0.25, 0.3) is 5.91 Å². The number of hydrogen-bond donors (Lipinski definition) is 1. The number of H-pyrrole nitrogens is 1. The van der Waals surface area contributed by atoms with Gasteiger partial charge in [0, 0.05) is 56.6 Å². The van der Waals surface area contributed by atoms with Crippen molar-refractivity contribution in [3.63, 3.8) is 0 Å². The van der Waals surface area contributed by atoms with Gasteiger partial charge in [0.1, 0.15) is 0 Å². The summed E-state index contributed by atoms with van der Waals surface area (Å²) in [5, 5.41) is 7.49. The molecule has 1 atom stereocenters. The van der Waals surface area contributed by atoms with Crippen LogP contribution in [-0.2, 0) is 12.8 Å². The average Bonchev–Trinajstić information content (AvgIpc) is 3.12. The van der Waals surface area contributed by atoms with E-state index in [-0.39, 0.29) is 5.91 Å². The van der Waals surface area contributed by atoms with Crippen molar-refractivity contribution in [2.75, 3.05) is 46.3 Å². The van der Waals surface area contributed by atoms with Gasteiger partial charge in [0.05, 0.1) is 0 Å². The molecule has 1 unspecified atom stereocenters. The van der Waals surface area contributed by atoms with E-state index in [0.29, 0.717) is 17.7 Å². The normalized spacial score (nSPS) is 24.5. The summed E-state index contributed by atoms with van der Waals surface area (Å²) in [5.74, 6) is 0.852. The molecule has 3 aliphatic rings. The fourth-order valence-electron chi connectivity index (χ4n) is 4.92. The third kappa shape index (κ3) is 3.54. The minimum atomic E-state index is 0.148. The predicted octanol–water partition coefficient (Wildman–Crippen LogP) is 1.78. The van der Waals surface area contributed by atoms with Crippen LogP contribution >= 0.6 is 0 Å². The maximum absolute atomic E-state index is 13.0. The van der Waals surface area contributed by atoms with E-state index in [1.54, 1.807) is 0 Å². The van der Waals surface area contributed by atoms with Gasteiger partial charge in [-0.2, -0.15) is 5.10 Å². The molecule has 0 bridgehead atoms. The summed E-state index contributed by atoms with van der Waals surface area (Å²) < 4.78 is 0. The van der Waals surface area contributed by atoms with Crippen molar-refractivity contribution in [2.24, 2.45) is 5.92 Å². The number of carbonyl (C=O) groups excluding carboxylic acids is 1. The summed E-state index contributed by atoms with van der Waals surface area (Å²) in [6.45, 7) is 8.84. The minimum Gasteiger partial charge on any atom is -0.337 e. The molecule has 1 N–H and O–H groups in total. The number of piperidine rings is 1. The molecular formula is C20H33N5O. The molecular weight excluding hydrogens is 326 g/mol. The van der Waals surface area contributed by atoms with E-state index in [4.69, 9.17) is 0 Å². The highest BCUT2D eigenvalue weighted by atomic mass is 16.2. The Bertz CT molecular complexity index is 626. The van der Waals surface area contributed by atoms with Crippen LogP contribution in [0.4, 0.5) is 0 Å². The highest BCUT2D eigenvalue weighted by Crippen LogP contribution is 2.27. The molecule has 2 fully saturated rings. The summed E-state index contributed by atoms with van der Waals surface area (Å²) in [7, 11) is 2.21. The fraction of sp³-hybridized carbons (Fsp3) is 0.800. The van der Waals surface area contributed by atoms with E-state index in [9.17, 15) is 4.79 Å². The third-order valence-electron chi connectivity index (χ3n) is 6.88. The Morgan fingerprint density at radius 3 is 2.50 bits per heavy atom. The number of rotatable bonds is 3. The standard InChI is InChI=1S/C20H33N5O/c1-15(24-13-11-23(2)12-14-24)16-7-9-25(10-8-16)20(26)19-17-5-3-4-6-18(17)21-22-19/h15-16H,3-14H2,1-2H3,(H,21,22). The van der Waals surface area contributed by atoms with Crippen molar-refractivity contribution in [1.82, 2.24) is 24.9 Å². The molecule has 3 heterocycles. The number of likely N-dealkylation sites (N-methyl/N-ethyl adjacent to an activating group) is 1. The van der Waals surface area contributed by atoms with E-state index >= 15 is 0 Å². The maximum Gasteiger partial charge on any atom is 0.274 e. The number of likely N-dealkylation sites (tertiary alicyclic amines) is 1. The minimum absolute atomic E-state index is 0.148. The van der Waals surface area contributed by atoms with Crippen LogP contribution in [-0.4, -0.2) is 83.2 Å². The van der Waals surface area contributed by atoms with Gasteiger partial charge in [-0.3, -0.25) is 14.8 Å². The molecule has 1 aromatic rings. The molecule has 4 rings (SSSR count). The molecule has 0 radical (unpaired) electrons. The lowest BCUT2D eigenvalue weighted by Gasteiger charge is -2.42. The molecule has 0 spiro atoms. The Morgan fingerprint density at radius 2 is 1.77 bits per heavy atom. The van der Waals surface area contributed by atoms with Gasteiger partial charge < -0.3 is 9.80 Å². The SMILES string of the molecule is CC(C1CCN(C(=O)c2n[nH]c3c2CCCC3)CC1)N1CCN(C)CC1. The lowest BCUT2D eigenvalue weighted by atomic mass is 9.88. The van der Waals surface area contributed by atoms with E-state index in [1.165, 1.54) is 50.3 Å². The van der Waals surface area contributed by atoms with E-state index in [0.717, 1.165) is 38.8 Å². The number of aryl methyl sites for hydroxylation is 1. The summed E-state index contributed by atoms with van der Waals surface area (Å²) in [4.78, 5) is 20.1. The molecule has 1 amide bonds. The highest BCUT2D eigenvalue weighted by Gasteiger charge is 2.32. The number of fused-ring (bicyclic) bond motifs is 1. The van der Waals surface area contributed by atoms with Gasteiger partial charge >= 0.3 is 0 Å². The van der Waals surface area contributed by atoms with Crippen LogP contribution in [0.15, 0.2) is 0 Å². The Labute approximate surface area is 156 Å². The first-order valence-electron chi connectivity index (χ1n) is 10.4. The molecule has 0 aromatic carbocycles. The summed E-state index contributed by atoms with van der Waals surface area (Å²) in [6, 6.07) is 0.624. The molecule has 2 saturated heterocycles. The van der Waals surface area contributed by atoms with Crippen LogP contribution in [0.2, 0.25) is 0 Å². The van der Waals surface area contributed by atoms with E-state index in [1.807, 2.05) is 4.90 Å². The number of carbonyl (C=O) groups is 1. The zero-order chi connectivity index (χ0) is 18.1. The second-order valence-electron chi connectivity index (χ2n) is 8.45. The highest BCUT2D eigenvalue weighted by molar-refractivity contribution is 5.94. The number of nitrogens with one attached hydrogen (secondary N) is 1. The summed E-state index contributed by atoms with van der Waals surface area (Å²) in [5.41, 5.74) is 3.08. The summed E-state index contributed by atoms with van der Waals surface area (Å²) >= 11 is 0. The van der Waals surface area contributed by atoms with Crippen LogP contribution in [0, 0.1) is 5.92 Å². The second kappa shape index (κ2) is 7.69. The molecule has 26 heavy (non-hydrogen) atoms. The van der Waals surface area contributed by atoms with E-state index < -0.39 is 0 Å². The van der Waals surface area contributed by atoms with Crippen molar-refractivity contribution >= 4 is 5.91 Å². The van der Waals surface area contributed by atoms with Gasteiger partial charge in [-0.15, -0.1) is 0 Å². The molecule has 2 aliphatic heterocycles. The quantitative estimate of drug-likeness (QED) is 0.894. The molecule has 6 nitrogen and oxygen atoms in total. The van der Waals surface area contributed by atoms with E-state index in [2.05, 4.69) is 34.0 Å². The average molecular weight is 360 g/mol. The van der Waals surface area contributed by atoms with Crippen LogP contribution in [0.5, 0.6) is 0 Å². The van der Waals surface area contributed by atoms with Gasteiger partial charge in [0.2, 0.25) is 0 Å². The Kier molecular flexibility index (Phi) is 5.32. The van der Waals surface area contributed by atoms with Crippen LogP contribution < -0.4 is 0 Å². The third-order valence-corrected chi connectivity index (χ3v) is 6.88. The molecule has 1 aromatic heterocycles. The number of hydrogen-bond acceptors (Lipinski definition) is 4. The number of aromatic nitrogens is 2. The smallest absolute Gasteiger partial charge is 0.274 e. The number of nitrogens with zero attached hydrogens (tertiary/aromatic N) is 4. The zero-order valence-corrected chi connectivity index (χ0v) is 16.3. The Hall–Kier alpha value is -1.40. The zero-order valence-electron chi connectivity index (χ0n) is 16.3. The maximum atomic E-state index is 13.0. The van der Waals surface area contributed by atoms with Gasteiger partial charge in [0.15, 0.2) is 5.69 Å². The van der Waals surface area contributed by atoms with Crippen molar-refractivity contribution in [3.8, 4) is 0 Å². The van der Waals surface area contributed by atoms with Crippen LogP contribution in [0.3, 0.4) is 0 Å². The van der Waals surface area contributed by atoms with Gasteiger partial charge in [-0.25, -0.2) is 0 Å². The first kappa shape index (κ1) is 18.0. The second-order valence-corrected chi connectivity index (χ2v) is 8.45. The number of piperazine rings is 1. The van der Waals surface area contributed by atoms with Crippen LogP contribution in [0.25, 0.3) is 0 Å². The van der Waals surface area contributed by atoms with Crippen LogP contribution in [0.1, 0.15) is 54.4 Å². The number of amides is 1.